The highest BCUT2D eigenvalue weighted by molar-refractivity contribution is 5.80. The molecule has 0 aromatic heterocycles. The van der Waals surface area contributed by atoms with Crippen LogP contribution in [0, 0.1) is 5.92 Å². The Morgan fingerprint density at radius 3 is 2.32 bits per heavy atom. The summed E-state index contributed by atoms with van der Waals surface area (Å²) in [6.45, 7) is 6.01. The fourth-order valence-corrected chi connectivity index (χ4v) is 2.07. The van der Waals surface area contributed by atoms with Crippen LogP contribution in [0.15, 0.2) is 0 Å². The Labute approximate surface area is 115 Å². The van der Waals surface area contributed by atoms with E-state index in [-0.39, 0.29) is 23.9 Å². The monoisotopic (exact) mass is 271 g/mol. The van der Waals surface area contributed by atoms with E-state index in [1.54, 1.807) is 19.0 Å². The fourth-order valence-electron chi connectivity index (χ4n) is 2.07. The highest BCUT2D eigenvalue weighted by Crippen LogP contribution is 2.23. The lowest BCUT2D eigenvalue weighted by Crippen LogP contribution is -2.40. The zero-order valence-corrected chi connectivity index (χ0v) is 12.6. The van der Waals surface area contributed by atoms with Crippen molar-refractivity contribution in [3.63, 3.8) is 0 Å². The summed E-state index contributed by atoms with van der Waals surface area (Å²) in [5, 5.41) is 0. The molecular weight excluding hydrogens is 246 g/mol. The molecule has 1 fully saturated rings. The molecule has 110 valence electrons. The number of carbonyl (C=O) groups is 2. The van der Waals surface area contributed by atoms with Gasteiger partial charge in [-0.1, -0.05) is 0 Å². The molecule has 0 radical (unpaired) electrons. The van der Waals surface area contributed by atoms with Gasteiger partial charge in [-0.05, 0) is 39.5 Å². The fraction of sp³-hybridized carbons (Fsp3) is 0.857. The molecule has 1 amide bonds. The first-order chi connectivity index (χ1) is 8.69. The third kappa shape index (κ3) is 5.59. The van der Waals surface area contributed by atoms with Crippen molar-refractivity contribution in [3.05, 3.63) is 0 Å². The summed E-state index contributed by atoms with van der Waals surface area (Å²) in [5.74, 6) is -0.0460. The molecule has 1 saturated heterocycles. The molecule has 1 aliphatic heterocycles. The van der Waals surface area contributed by atoms with E-state index in [0.29, 0.717) is 19.4 Å². The lowest BCUT2D eigenvalue weighted by molar-refractivity contribution is -0.158. The topological polar surface area (TPSA) is 55.8 Å². The summed E-state index contributed by atoms with van der Waals surface area (Å²) in [4.78, 5) is 25.0. The van der Waals surface area contributed by atoms with Crippen molar-refractivity contribution in [1.82, 2.24) is 4.90 Å². The number of amides is 1. The quantitative estimate of drug-likeness (QED) is 0.732. The van der Waals surface area contributed by atoms with Gasteiger partial charge in [0.05, 0.1) is 13.0 Å². The van der Waals surface area contributed by atoms with Crippen LogP contribution in [0.2, 0.25) is 0 Å². The first-order valence-corrected chi connectivity index (χ1v) is 6.73. The summed E-state index contributed by atoms with van der Waals surface area (Å²) in [6, 6.07) is 0. The van der Waals surface area contributed by atoms with Crippen LogP contribution < -0.4 is 0 Å². The van der Waals surface area contributed by atoms with Gasteiger partial charge in [-0.3, -0.25) is 9.59 Å². The molecule has 1 aliphatic rings. The minimum Gasteiger partial charge on any atom is -0.460 e. The molecule has 19 heavy (non-hydrogen) atoms. The molecule has 1 heterocycles. The lowest BCUT2D eigenvalue weighted by Gasteiger charge is -2.30. The normalized spacial score (nSPS) is 23.8. The zero-order chi connectivity index (χ0) is 14.6. The minimum atomic E-state index is -0.448. The standard InChI is InChI=1S/C14H25NO4/c1-14(2,3)19-12(16)8-10-6-7-11(18-9-10)13(17)15(4)5/h10-11H,6-9H2,1-5H3/t10-,11-/m0/s1. The van der Waals surface area contributed by atoms with Crippen molar-refractivity contribution in [2.75, 3.05) is 20.7 Å². The predicted molar refractivity (Wildman–Crippen MR) is 71.6 cm³/mol. The van der Waals surface area contributed by atoms with E-state index in [2.05, 4.69) is 0 Å². The van der Waals surface area contributed by atoms with Crippen LogP contribution in [0.5, 0.6) is 0 Å². The molecular formula is C14H25NO4. The Morgan fingerprint density at radius 1 is 1.26 bits per heavy atom. The van der Waals surface area contributed by atoms with Gasteiger partial charge in [-0.25, -0.2) is 0 Å². The van der Waals surface area contributed by atoms with E-state index >= 15 is 0 Å². The molecule has 0 aliphatic carbocycles. The van der Waals surface area contributed by atoms with Gasteiger partial charge in [0, 0.05) is 14.1 Å². The molecule has 5 nitrogen and oxygen atoms in total. The van der Waals surface area contributed by atoms with Crippen molar-refractivity contribution < 1.29 is 19.1 Å². The number of hydrogen-bond donors (Lipinski definition) is 0. The molecule has 0 bridgehead atoms. The van der Waals surface area contributed by atoms with Crippen LogP contribution >= 0.6 is 0 Å². The van der Waals surface area contributed by atoms with Crippen molar-refractivity contribution in [1.29, 1.82) is 0 Å². The van der Waals surface area contributed by atoms with Gasteiger partial charge in [-0.2, -0.15) is 0 Å². The molecule has 2 atom stereocenters. The van der Waals surface area contributed by atoms with Gasteiger partial charge in [0.25, 0.3) is 5.91 Å². The van der Waals surface area contributed by atoms with Crippen molar-refractivity contribution >= 4 is 11.9 Å². The van der Waals surface area contributed by atoms with Crippen LogP contribution in [0.25, 0.3) is 0 Å². The molecule has 0 unspecified atom stereocenters. The molecule has 5 heteroatoms. The summed E-state index contributed by atoms with van der Waals surface area (Å²) in [7, 11) is 3.44. The van der Waals surface area contributed by atoms with Crippen LogP contribution in [-0.4, -0.2) is 49.2 Å². The maximum atomic E-state index is 11.7. The number of nitrogens with zero attached hydrogens (tertiary/aromatic N) is 1. The second kappa shape index (κ2) is 6.37. The Balaban J connectivity index is 2.34. The summed E-state index contributed by atoms with van der Waals surface area (Å²) >= 11 is 0. The van der Waals surface area contributed by atoms with Gasteiger partial charge >= 0.3 is 5.97 Å². The first kappa shape index (κ1) is 16.0. The van der Waals surface area contributed by atoms with Crippen LogP contribution in [-0.2, 0) is 19.1 Å². The highest BCUT2D eigenvalue weighted by Gasteiger charge is 2.30. The number of rotatable bonds is 3. The smallest absolute Gasteiger partial charge is 0.306 e. The third-order valence-electron chi connectivity index (χ3n) is 2.96. The molecule has 0 saturated carbocycles. The minimum absolute atomic E-state index is 0.00396. The van der Waals surface area contributed by atoms with Gasteiger partial charge in [0.15, 0.2) is 0 Å². The number of likely N-dealkylation sites (N-methyl/N-ethyl adjacent to an activating group) is 1. The predicted octanol–water partition coefficient (Wildman–Crippen LogP) is 1.60. The summed E-state index contributed by atoms with van der Waals surface area (Å²) < 4.78 is 10.8. The number of esters is 1. The van der Waals surface area contributed by atoms with Gasteiger partial charge in [0.2, 0.25) is 0 Å². The molecule has 0 spiro atoms. The van der Waals surface area contributed by atoms with Gasteiger partial charge in [0.1, 0.15) is 11.7 Å². The second-order valence-corrected chi connectivity index (χ2v) is 6.29. The average Bonchev–Trinajstić information content (AvgIpc) is 2.26. The third-order valence-corrected chi connectivity index (χ3v) is 2.96. The molecule has 1 rings (SSSR count). The van der Waals surface area contributed by atoms with E-state index in [4.69, 9.17) is 9.47 Å². The Bertz CT molecular complexity index is 325. The van der Waals surface area contributed by atoms with E-state index < -0.39 is 5.60 Å². The van der Waals surface area contributed by atoms with Crippen LogP contribution in [0.1, 0.15) is 40.0 Å². The van der Waals surface area contributed by atoms with Crippen molar-refractivity contribution in [2.45, 2.75) is 51.7 Å². The van der Waals surface area contributed by atoms with E-state index in [0.717, 1.165) is 6.42 Å². The van der Waals surface area contributed by atoms with Gasteiger partial charge in [-0.15, -0.1) is 0 Å². The first-order valence-electron chi connectivity index (χ1n) is 6.73. The lowest BCUT2D eigenvalue weighted by atomic mass is 9.95. The summed E-state index contributed by atoms with van der Waals surface area (Å²) in [6.07, 6.45) is 1.50. The highest BCUT2D eigenvalue weighted by atomic mass is 16.6. The van der Waals surface area contributed by atoms with E-state index in [1.165, 1.54) is 0 Å². The van der Waals surface area contributed by atoms with Crippen LogP contribution in [0.3, 0.4) is 0 Å². The summed E-state index contributed by atoms with van der Waals surface area (Å²) in [5.41, 5.74) is -0.448. The Kier molecular flexibility index (Phi) is 5.35. The molecule has 0 N–H and O–H groups in total. The number of ether oxygens (including phenoxy) is 2. The van der Waals surface area contributed by atoms with Gasteiger partial charge < -0.3 is 14.4 Å². The number of hydrogen-bond acceptors (Lipinski definition) is 4. The Hall–Kier alpha value is -1.10. The maximum absolute atomic E-state index is 11.7. The van der Waals surface area contributed by atoms with Crippen LogP contribution in [0.4, 0.5) is 0 Å². The van der Waals surface area contributed by atoms with Crippen molar-refractivity contribution in [3.8, 4) is 0 Å². The van der Waals surface area contributed by atoms with Crippen molar-refractivity contribution in [2.24, 2.45) is 5.92 Å². The molecule has 0 aromatic rings. The SMILES string of the molecule is CN(C)C(=O)[C@@H]1CC[C@@H](CC(=O)OC(C)(C)C)CO1. The Morgan fingerprint density at radius 2 is 1.89 bits per heavy atom. The second-order valence-electron chi connectivity index (χ2n) is 6.29. The maximum Gasteiger partial charge on any atom is 0.306 e. The average molecular weight is 271 g/mol. The largest absolute Gasteiger partial charge is 0.460 e. The van der Waals surface area contributed by atoms with E-state index in [1.807, 2.05) is 20.8 Å². The number of carbonyl (C=O) groups excluding carboxylic acids is 2. The molecule has 0 aromatic carbocycles. The van der Waals surface area contributed by atoms with E-state index in [9.17, 15) is 9.59 Å². The zero-order valence-electron chi connectivity index (χ0n) is 12.6.